The Kier molecular flexibility index (Phi) is 4.26. The topological polar surface area (TPSA) is 54.9 Å². The number of nitrogens with zero attached hydrogens (tertiary/aromatic N) is 2. The minimum atomic E-state index is -0.191. The van der Waals surface area contributed by atoms with Crippen molar-refractivity contribution in [3.63, 3.8) is 0 Å². The van der Waals surface area contributed by atoms with Gasteiger partial charge in [-0.1, -0.05) is 12.1 Å². The van der Waals surface area contributed by atoms with Crippen molar-refractivity contribution in [2.24, 2.45) is 0 Å². The van der Waals surface area contributed by atoms with Gasteiger partial charge in [-0.15, -0.1) is 11.3 Å². The van der Waals surface area contributed by atoms with Crippen molar-refractivity contribution in [2.75, 3.05) is 6.54 Å². The highest BCUT2D eigenvalue weighted by Crippen LogP contribution is 2.22. The van der Waals surface area contributed by atoms with E-state index in [4.69, 9.17) is 0 Å². The summed E-state index contributed by atoms with van der Waals surface area (Å²) in [6, 6.07) is 11.6. The van der Waals surface area contributed by atoms with Gasteiger partial charge in [0.25, 0.3) is 5.91 Å². The zero-order valence-electron chi connectivity index (χ0n) is 11.0. The number of halogens is 1. The predicted molar refractivity (Wildman–Crippen MR) is 87.6 cm³/mol. The normalized spacial score (nSPS) is 10.7. The molecule has 3 aromatic rings. The summed E-state index contributed by atoms with van der Waals surface area (Å²) in [6.45, 7) is 0.584. The van der Waals surface area contributed by atoms with Gasteiger partial charge in [0.05, 0.1) is 21.0 Å². The molecule has 6 heteroatoms. The summed E-state index contributed by atoms with van der Waals surface area (Å²) in [6.07, 6.45) is 2.32. The number of fused-ring (bicyclic) bond motifs is 1. The lowest BCUT2D eigenvalue weighted by molar-refractivity contribution is 0.0949. The molecule has 0 radical (unpaired) electrons. The number of benzene rings is 1. The number of thiophene rings is 1. The molecule has 2 aromatic heterocycles. The van der Waals surface area contributed by atoms with Crippen LogP contribution in [0.25, 0.3) is 11.0 Å². The van der Waals surface area contributed by atoms with Crippen LogP contribution >= 0.6 is 27.3 Å². The van der Waals surface area contributed by atoms with E-state index in [1.54, 1.807) is 11.3 Å². The second kappa shape index (κ2) is 6.32. The molecule has 106 valence electrons. The molecule has 0 spiro atoms. The van der Waals surface area contributed by atoms with E-state index in [0.717, 1.165) is 21.2 Å². The Labute approximate surface area is 134 Å². The lowest BCUT2D eigenvalue weighted by Gasteiger charge is -2.04. The van der Waals surface area contributed by atoms with E-state index in [0.29, 0.717) is 12.2 Å². The molecule has 0 saturated heterocycles. The molecular weight excluding hydrogens is 350 g/mol. The molecule has 0 aliphatic heterocycles. The first kappa shape index (κ1) is 14.2. The average molecular weight is 362 g/mol. The van der Waals surface area contributed by atoms with Gasteiger partial charge in [0.15, 0.2) is 0 Å². The predicted octanol–water partition coefficient (Wildman–Crippen LogP) is 3.43. The number of hydrogen-bond acceptors (Lipinski definition) is 4. The Morgan fingerprint density at radius 1 is 1.19 bits per heavy atom. The first-order chi connectivity index (χ1) is 10.2. The second-order valence-electron chi connectivity index (χ2n) is 4.46. The van der Waals surface area contributed by atoms with Gasteiger partial charge in [0, 0.05) is 11.4 Å². The number of carbonyl (C=O) groups excluding carboxylic acids is 1. The Morgan fingerprint density at radius 3 is 2.76 bits per heavy atom. The molecule has 0 aliphatic carbocycles. The summed E-state index contributed by atoms with van der Waals surface area (Å²) in [5.41, 5.74) is 1.87. The van der Waals surface area contributed by atoms with Gasteiger partial charge in [0.2, 0.25) is 0 Å². The van der Waals surface area contributed by atoms with Crippen molar-refractivity contribution in [3.05, 3.63) is 57.0 Å². The quantitative estimate of drug-likeness (QED) is 0.774. The molecule has 3 rings (SSSR count). The van der Waals surface area contributed by atoms with Gasteiger partial charge in [-0.25, -0.2) is 4.98 Å². The van der Waals surface area contributed by atoms with Crippen molar-refractivity contribution in [1.29, 1.82) is 0 Å². The maximum absolute atomic E-state index is 12.1. The number of carbonyl (C=O) groups is 1. The smallest absolute Gasteiger partial charge is 0.271 e. The fourth-order valence-corrected chi connectivity index (χ4v) is 3.43. The fraction of sp³-hybridized carbons (Fsp3) is 0.133. The second-order valence-corrected chi connectivity index (χ2v) is 7.00. The van der Waals surface area contributed by atoms with Crippen molar-refractivity contribution in [2.45, 2.75) is 6.42 Å². The zero-order valence-corrected chi connectivity index (χ0v) is 13.4. The van der Waals surface area contributed by atoms with Gasteiger partial charge >= 0.3 is 0 Å². The largest absolute Gasteiger partial charge is 0.350 e. The molecule has 2 heterocycles. The van der Waals surface area contributed by atoms with Crippen molar-refractivity contribution in [1.82, 2.24) is 15.3 Å². The third kappa shape index (κ3) is 3.46. The van der Waals surface area contributed by atoms with Gasteiger partial charge in [0.1, 0.15) is 5.69 Å². The van der Waals surface area contributed by atoms with Gasteiger partial charge in [-0.3, -0.25) is 9.78 Å². The van der Waals surface area contributed by atoms with Crippen LogP contribution in [0.1, 0.15) is 15.4 Å². The first-order valence-electron chi connectivity index (χ1n) is 6.46. The van der Waals surface area contributed by atoms with E-state index < -0.39 is 0 Å². The van der Waals surface area contributed by atoms with Crippen molar-refractivity contribution < 1.29 is 4.79 Å². The van der Waals surface area contributed by atoms with E-state index in [1.807, 2.05) is 30.3 Å². The highest BCUT2D eigenvalue weighted by molar-refractivity contribution is 9.11. The maximum Gasteiger partial charge on any atom is 0.271 e. The Morgan fingerprint density at radius 2 is 2.00 bits per heavy atom. The highest BCUT2D eigenvalue weighted by atomic mass is 79.9. The molecule has 0 fully saturated rings. The third-order valence-electron chi connectivity index (χ3n) is 2.97. The molecule has 4 nitrogen and oxygen atoms in total. The van der Waals surface area contributed by atoms with E-state index in [2.05, 4.69) is 37.3 Å². The SMILES string of the molecule is O=C(NCCc1ccc(Br)s1)c1cnc2ccccc2n1. The number of aromatic nitrogens is 2. The minimum Gasteiger partial charge on any atom is -0.350 e. The maximum atomic E-state index is 12.1. The van der Waals surface area contributed by atoms with Crippen LogP contribution in [0.15, 0.2) is 46.4 Å². The van der Waals surface area contributed by atoms with E-state index in [-0.39, 0.29) is 5.91 Å². The summed E-state index contributed by atoms with van der Waals surface area (Å²) in [5.74, 6) is -0.191. The van der Waals surface area contributed by atoms with Crippen LogP contribution in [0.5, 0.6) is 0 Å². The van der Waals surface area contributed by atoms with Crippen molar-refractivity contribution >= 4 is 44.2 Å². The fourth-order valence-electron chi connectivity index (χ4n) is 1.94. The van der Waals surface area contributed by atoms with Crippen molar-refractivity contribution in [3.8, 4) is 0 Å². The summed E-state index contributed by atoms with van der Waals surface area (Å²) in [7, 11) is 0. The summed E-state index contributed by atoms with van der Waals surface area (Å²) < 4.78 is 1.10. The molecule has 0 bridgehead atoms. The Hall–Kier alpha value is -1.79. The van der Waals surface area contributed by atoms with E-state index in [1.165, 1.54) is 11.1 Å². The molecular formula is C15H12BrN3OS. The number of para-hydroxylation sites is 2. The standard InChI is InChI=1S/C15H12BrN3OS/c16-14-6-5-10(21-14)7-8-17-15(20)13-9-18-11-3-1-2-4-12(11)19-13/h1-6,9H,7-8H2,(H,17,20). The minimum absolute atomic E-state index is 0.191. The number of nitrogens with one attached hydrogen (secondary N) is 1. The van der Waals surface area contributed by atoms with Gasteiger partial charge < -0.3 is 5.32 Å². The van der Waals surface area contributed by atoms with Crippen LogP contribution in [-0.2, 0) is 6.42 Å². The molecule has 0 saturated carbocycles. The lowest BCUT2D eigenvalue weighted by atomic mass is 10.3. The molecule has 0 atom stereocenters. The first-order valence-corrected chi connectivity index (χ1v) is 8.07. The summed E-state index contributed by atoms with van der Waals surface area (Å²) >= 11 is 5.10. The summed E-state index contributed by atoms with van der Waals surface area (Å²) in [4.78, 5) is 21.9. The molecule has 0 unspecified atom stereocenters. The van der Waals surface area contributed by atoms with Gasteiger partial charge in [-0.05, 0) is 46.6 Å². The average Bonchev–Trinajstić information content (AvgIpc) is 2.92. The number of hydrogen-bond donors (Lipinski definition) is 1. The number of amides is 1. The lowest BCUT2D eigenvalue weighted by Crippen LogP contribution is -2.26. The van der Waals surface area contributed by atoms with Crippen LogP contribution in [0.4, 0.5) is 0 Å². The van der Waals surface area contributed by atoms with Crippen LogP contribution in [0.2, 0.25) is 0 Å². The van der Waals surface area contributed by atoms with E-state index in [9.17, 15) is 4.79 Å². The highest BCUT2D eigenvalue weighted by Gasteiger charge is 2.08. The number of rotatable bonds is 4. The molecule has 1 N–H and O–H groups in total. The third-order valence-corrected chi connectivity index (χ3v) is 4.65. The molecule has 1 amide bonds. The Balaban J connectivity index is 1.63. The summed E-state index contributed by atoms with van der Waals surface area (Å²) in [5, 5.41) is 2.87. The van der Waals surface area contributed by atoms with Crippen LogP contribution in [0.3, 0.4) is 0 Å². The zero-order chi connectivity index (χ0) is 14.7. The molecule has 1 aromatic carbocycles. The Bertz CT molecular complexity index is 787. The van der Waals surface area contributed by atoms with Crippen LogP contribution < -0.4 is 5.32 Å². The monoisotopic (exact) mass is 361 g/mol. The van der Waals surface area contributed by atoms with E-state index >= 15 is 0 Å². The molecule has 21 heavy (non-hydrogen) atoms. The molecule has 0 aliphatic rings. The van der Waals surface area contributed by atoms with Crippen LogP contribution in [-0.4, -0.2) is 22.4 Å². The van der Waals surface area contributed by atoms with Gasteiger partial charge in [-0.2, -0.15) is 0 Å². The van der Waals surface area contributed by atoms with Crippen LogP contribution in [0, 0.1) is 0 Å².